The molecule has 1 heterocycles. The van der Waals surface area contributed by atoms with Gasteiger partial charge in [0.15, 0.2) is 0 Å². The molecule has 1 aliphatic carbocycles. The van der Waals surface area contributed by atoms with Crippen molar-refractivity contribution in [2.45, 2.75) is 26.2 Å². The van der Waals surface area contributed by atoms with Crippen molar-refractivity contribution in [3.05, 3.63) is 70.9 Å². The van der Waals surface area contributed by atoms with Gasteiger partial charge < -0.3 is 4.98 Å². The molecule has 0 unspecified atom stereocenters. The maximum Gasteiger partial charge on any atom is 2.00 e. The molecule has 3 rings (SSSR count). The minimum atomic E-state index is 0. The van der Waals surface area contributed by atoms with E-state index in [0.717, 1.165) is 10.8 Å². The average molecular weight is 297 g/mol. The molecule has 1 aromatic heterocycles. The van der Waals surface area contributed by atoms with Gasteiger partial charge in [-0.15, -0.1) is 46.0 Å². The summed E-state index contributed by atoms with van der Waals surface area (Å²) in [6, 6.07) is 10.2. The molecule has 1 nitrogen and oxygen atoms in total. The van der Waals surface area contributed by atoms with Crippen molar-refractivity contribution in [2.24, 2.45) is 0 Å². The minimum Gasteiger partial charge on any atom is -0.484 e. The summed E-state index contributed by atoms with van der Waals surface area (Å²) in [5.41, 5.74) is 2.45. The first kappa shape index (κ1) is 16.7. The molecule has 0 saturated heterocycles. The van der Waals surface area contributed by atoms with Crippen LogP contribution in [0.3, 0.4) is 0 Å². The molecule has 1 aliphatic rings. The Morgan fingerprint density at radius 3 is 2.30 bits per heavy atom. The van der Waals surface area contributed by atoms with E-state index in [-0.39, 0.29) is 27.1 Å². The predicted molar refractivity (Wildman–Crippen MR) is 81.0 cm³/mol. The molecule has 0 fully saturated rings. The number of rotatable bonds is 0. The van der Waals surface area contributed by atoms with Gasteiger partial charge in [0.25, 0.3) is 0 Å². The van der Waals surface area contributed by atoms with Gasteiger partial charge in [0.05, 0.1) is 0 Å². The zero-order chi connectivity index (χ0) is 13.9. The minimum absolute atomic E-state index is 0. The van der Waals surface area contributed by atoms with Gasteiger partial charge in [-0.05, 0) is 5.41 Å². The van der Waals surface area contributed by atoms with Crippen LogP contribution in [0.4, 0.5) is 0 Å². The second-order valence-corrected chi connectivity index (χ2v) is 5.65. The van der Waals surface area contributed by atoms with Crippen LogP contribution in [0.1, 0.15) is 26.3 Å². The molecule has 20 heavy (non-hydrogen) atoms. The maximum absolute atomic E-state index is 3.80. The summed E-state index contributed by atoms with van der Waals surface area (Å²) in [7, 11) is 0. The topological polar surface area (TPSA) is 15.8 Å². The number of fused-ring (bicyclic) bond motifs is 1. The van der Waals surface area contributed by atoms with E-state index >= 15 is 0 Å². The molecule has 100 valence electrons. The zero-order valence-corrected chi connectivity index (χ0v) is 13.8. The SMILES string of the molecule is C=C1[C-]=c2ccccc2=C1.CC(C)(C)c1[c-][nH]cc1.[Ti+2]. The molecule has 2 heteroatoms. The number of aromatic amines is 1. The van der Waals surface area contributed by atoms with Crippen LogP contribution in [0.2, 0.25) is 0 Å². The summed E-state index contributed by atoms with van der Waals surface area (Å²) >= 11 is 0. The standard InChI is InChI=1S/C10H7.C8H12N.Ti/c1-8-6-9-4-2-3-5-10(9)7-8;1-8(2,3)7-4-5-9-6-7;/h2-6H,1H2;4-5,9H,1-3H3;/q2*-1;+2. The first-order valence-electron chi connectivity index (χ1n) is 6.42. The Hall–Kier alpha value is -1.31. The van der Waals surface area contributed by atoms with Crippen molar-refractivity contribution >= 4 is 12.2 Å². The van der Waals surface area contributed by atoms with Gasteiger partial charge in [0, 0.05) is 0 Å². The van der Waals surface area contributed by atoms with Crippen LogP contribution < -0.4 is 10.4 Å². The van der Waals surface area contributed by atoms with E-state index in [1.807, 2.05) is 30.5 Å². The Kier molecular flexibility index (Phi) is 5.80. The Labute approximate surface area is 136 Å². The van der Waals surface area contributed by atoms with Crippen LogP contribution in [-0.4, -0.2) is 4.98 Å². The molecule has 0 aliphatic heterocycles. The Morgan fingerprint density at radius 2 is 1.80 bits per heavy atom. The Bertz CT molecular complexity index is 636. The second kappa shape index (κ2) is 6.92. The molecular formula is C18H19NTi. The van der Waals surface area contributed by atoms with Gasteiger partial charge in [0.2, 0.25) is 0 Å². The molecule has 0 amide bonds. The van der Waals surface area contributed by atoms with Crippen LogP contribution >= 0.6 is 0 Å². The van der Waals surface area contributed by atoms with E-state index in [4.69, 9.17) is 0 Å². The summed E-state index contributed by atoms with van der Waals surface area (Å²) in [5, 5.41) is 2.39. The fourth-order valence-electron chi connectivity index (χ4n) is 1.86. The van der Waals surface area contributed by atoms with Gasteiger partial charge in [-0.1, -0.05) is 39.0 Å². The van der Waals surface area contributed by atoms with E-state index in [9.17, 15) is 0 Å². The van der Waals surface area contributed by atoms with E-state index in [0.29, 0.717) is 0 Å². The van der Waals surface area contributed by atoms with Crippen LogP contribution in [0, 0.1) is 6.20 Å². The largest absolute Gasteiger partial charge is 2.00 e. The number of nitrogens with one attached hydrogen (secondary N) is 1. The van der Waals surface area contributed by atoms with E-state index in [1.54, 1.807) is 0 Å². The summed E-state index contributed by atoms with van der Waals surface area (Å²) in [5.74, 6) is 0. The summed E-state index contributed by atoms with van der Waals surface area (Å²) in [6.07, 6.45) is 10.1. The second-order valence-electron chi connectivity index (χ2n) is 5.65. The molecule has 1 N–H and O–H groups in total. The first-order chi connectivity index (χ1) is 8.97. The van der Waals surface area contributed by atoms with E-state index in [2.05, 4.69) is 56.7 Å². The molecule has 1 aromatic carbocycles. The first-order valence-corrected chi connectivity index (χ1v) is 6.42. The third-order valence-corrected chi connectivity index (χ3v) is 2.93. The zero-order valence-electron chi connectivity index (χ0n) is 12.2. The number of H-pyrrole nitrogens is 1. The van der Waals surface area contributed by atoms with Crippen LogP contribution in [0.15, 0.2) is 48.7 Å². The van der Waals surface area contributed by atoms with Crippen molar-refractivity contribution in [3.8, 4) is 0 Å². The number of hydrogen-bond acceptors (Lipinski definition) is 0. The quantitative estimate of drug-likeness (QED) is 0.568. The van der Waals surface area contributed by atoms with Gasteiger partial charge in [-0.2, -0.15) is 18.8 Å². The summed E-state index contributed by atoms with van der Waals surface area (Å²) in [4.78, 5) is 2.91. The molecule has 0 saturated carbocycles. The van der Waals surface area contributed by atoms with Gasteiger partial charge in [-0.25, -0.2) is 0 Å². The van der Waals surface area contributed by atoms with Crippen LogP contribution in [0.25, 0.3) is 12.2 Å². The fourth-order valence-corrected chi connectivity index (χ4v) is 1.86. The Balaban J connectivity index is 0.000000192. The maximum atomic E-state index is 3.80. The van der Waals surface area contributed by atoms with E-state index in [1.165, 1.54) is 10.8 Å². The van der Waals surface area contributed by atoms with Gasteiger partial charge >= 0.3 is 21.7 Å². The van der Waals surface area contributed by atoms with Crippen LogP contribution in [-0.2, 0) is 27.1 Å². The smallest absolute Gasteiger partial charge is 0.484 e. The number of allylic oxidation sites excluding steroid dienone is 1. The molecule has 0 radical (unpaired) electrons. The third-order valence-electron chi connectivity index (χ3n) is 2.93. The molecule has 0 spiro atoms. The molecule has 0 bridgehead atoms. The summed E-state index contributed by atoms with van der Waals surface area (Å²) in [6.45, 7) is 10.3. The molecule has 0 atom stereocenters. The normalized spacial score (nSPS) is 12.2. The van der Waals surface area contributed by atoms with Crippen molar-refractivity contribution in [3.63, 3.8) is 0 Å². The Morgan fingerprint density at radius 1 is 1.10 bits per heavy atom. The molecule has 2 aromatic rings. The van der Waals surface area contributed by atoms with Gasteiger partial charge in [0.1, 0.15) is 0 Å². The number of aromatic nitrogens is 1. The van der Waals surface area contributed by atoms with Crippen molar-refractivity contribution in [2.75, 3.05) is 0 Å². The number of benzene rings is 1. The summed E-state index contributed by atoms with van der Waals surface area (Å²) < 4.78 is 0. The van der Waals surface area contributed by atoms with Gasteiger partial charge in [-0.3, -0.25) is 0 Å². The van der Waals surface area contributed by atoms with Crippen LogP contribution in [0.5, 0.6) is 0 Å². The monoisotopic (exact) mass is 297 g/mol. The van der Waals surface area contributed by atoms with E-state index < -0.39 is 0 Å². The van der Waals surface area contributed by atoms with Crippen molar-refractivity contribution in [1.82, 2.24) is 4.98 Å². The average Bonchev–Trinajstić information content (AvgIpc) is 2.96. The number of hydrogen-bond donors (Lipinski definition) is 1. The van der Waals surface area contributed by atoms with Crippen molar-refractivity contribution in [1.29, 1.82) is 0 Å². The van der Waals surface area contributed by atoms with Crippen molar-refractivity contribution < 1.29 is 21.7 Å². The third kappa shape index (κ3) is 4.36. The molecular weight excluding hydrogens is 278 g/mol. The fraction of sp³-hybridized carbons (Fsp3) is 0.222. The predicted octanol–water partition coefficient (Wildman–Crippen LogP) is 2.80.